The van der Waals surface area contributed by atoms with E-state index in [9.17, 15) is 10.2 Å². The van der Waals surface area contributed by atoms with Crippen molar-refractivity contribution in [3.8, 4) is 0 Å². The van der Waals surface area contributed by atoms with E-state index in [0.29, 0.717) is 22.1 Å². The Bertz CT molecular complexity index is 1020. The average Bonchev–Trinajstić information content (AvgIpc) is 2.98. The van der Waals surface area contributed by atoms with Gasteiger partial charge in [-0.15, -0.1) is 10.2 Å². The summed E-state index contributed by atoms with van der Waals surface area (Å²) in [6, 6.07) is 15.1. The monoisotopic (exact) mass is 338 g/mol. The molecule has 2 aromatic carbocycles. The zero-order chi connectivity index (χ0) is 16.5. The second kappa shape index (κ2) is 6.20. The number of fused-ring (bicyclic) bond motifs is 3. The lowest BCUT2D eigenvalue weighted by atomic mass is 10.1. The third-order valence-corrected chi connectivity index (χ3v) is 4.68. The van der Waals surface area contributed by atoms with Crippen LogP contribution in [0.1, 0.15) is 17.4 Å². The summed E-state index contributed by atoms with van der Waals surface area (Å²) in [5.74, 6) is 0.529. The molecule has 3 N–H and O–H groups in total. The Labute approximate surface area is 141 Å². The number of aliphatic hydroxyl groups excluding tert-OH is 1. The van der Waals surface area contributed by atoms with Gasteiger partial charge in [-0.2, -0.15) is 0 Å². The Balaban J connectivity index is 1.62. The molecule has 2 aromatic heterocycles. The van der Waals surface area contributed by atoms with E-state index in [4.69, 9.17) is 0 Å². The molecule has 0 saturated heterocycles. The fourth-order valence-electron chi connectivity index (χ4n) is 2.63. The highest BCUT2D eigenvalue weighted by Crippen LogP contribution is 2.26. The Morgan fingerprint density at radius 2 is 1.79 bits per heavy atom. The van der Waals surface area contributed by atoms with Gasteiger partial charge in [-0.25, -0.2) is 4.98 Å². The van der Waals surface area contributed by atoms with Gasteiger partial charge in [0.25, 0.3) is 0 Å². The van der Waals surface area contributed by atoms with Gasteiger partial charge in [0.15, 0.2) is 11.9 Å². The third kappa shape index (κ3) is 2.73. The van der Waals surface area contributed by atoms with Crippen LogP contribution in [0.5, 0.6) is 0 Å². The molecule has 120 valence electrons. The Morgan fingerprint density at radius 1 is 1.00 bits per heavy atom. The summed E-state index contributed by atoms with van der Waals surface area (Å²) in [7, 11) is 0. The number of nitrogens with one attached hydrogen (secondary N) is 1. The van der Waals surface area contributed by atoms with E-state index in [1.54, 1.807) is 12.1 Å². The van der Waals surface area contributed by atoms with E-state index >= 15 is 0 Å². The maximum atomic E-state index is 9.42. The number of rotatable bonds is 4. The molecule has 0 amide bonds. The molecule has 6 nitrogen and oxygen atoms in total. The zero-order valence-electron chi connectivity index (χ0n) is 12.5. The summed E-state index contributed by atoms with van der Waals surface area (Å²) >= 11 is 1.40. The minimum absolute atomic E-state index is 0.490. The Morgan fingerprint density at radius 3 is 2.67 bits per heavy atom. The van der Waals surface area contributed by atoms with Crippen molar-refractivity contribution in [3.63, 3.8) is 0 Å². The van der Waals surface area contributed by atoms with Crippen molar-refractivity contribution in [1.82, 2.24) is 20.2 Å². The predicted molar refractivity (Wildman–Crippen MR) is 92.4 cm³/mol. The van der Waals surface area contributed by atoms with Crippen LogP contribution in [-0.4, -0.2) is 30.4 Å². The summed E-state index contributed by atoms with van der Waals surface area (Å²) in [4.78, 5) is 7.75. The largest absolute Gasteiger partial charge is 0.364 e. The SMILES string of the molecule is OC(O)c1ccccc1CSc1nnc2c(n1)[nH]c1ccccc12. The van der Waals surface area contributed by atoms with Gasteiger partial charge < -0.3 is 15.2 Å². The van der Waals surface area contributed by atoms with Gasteiger partial charge in [0, 0.05) is 22.2 Å². The van der Waals surface area contributed by atoms with E-state index in [1.165, 1.54) is 11.8 Å². The van der Waals surface area contributed by atoms with Gasteiger partial charge in [-0.05, 0) is 11.6 Å². The normalized spacial score (nSPS) is 11.6. The van der Waals surface area contributed by atoms with Gasteiger partial charge in [0.1, 0.15) is 5.52 Å². The average molecular weight is 338 g/mol. The number of hydrogen-bond acceptors (Lipinski definition) is 6. The molecule has 0 aliphatic rings. The minimum atomic E-state index is -1.49. The molecule has 4 aromatic rings. The van der Waals surface area contributed by atoms with Crippen LogP contribution in [0, 0.1) is 0 Å². The van der Waals surface area contributed by atoms with Crippen molar-refractivity contribution >= 4 is 33.8 Å². The van der Waals surface area contributed by atoms with E-state index in [1.807, 2.05) is 36.4 Å². The standard InChI is InChI=1S/C17H14N4O2S/c22-16(23)11-6-2-1-5-10(11)9-24-17-19-15-14(20-21-17)12-7-3-4-8-13(12)18-15/h1-8,16,22-23H,9H2,(H,18,19,21). The maximum Gasteiger partial charge on any atom is 0.211 e. The Hall–Kier alpha value is -2.48. The predicted octanol–water partition coefficient (Wildman–Crippen LogP) is 2.78. The first-order chi connectivity index (χ1) is 11.7. The summed E-state index contributed by atoms with van der Waals surface area (Å²) in [6.07, 6.45) is -1.49. The van der Waals surface area contributed by atoms with Crippen molar-refractivity contribution in [2.75, 3.05) is 0 Å². The molecule has 0 saturated carbocycles. The van der Waals surface area contributed by atoms with Gasteiger partial charge in [0.05, 0.1) is 0 Å². The summed E-state index contributed by atoms with van der Waals surface area (Å²) in [5, 5.41) is 28.8. The molecule has 0 fully saturated rings. The molecule has 2 heterocycles. The van der Waals surface area contributed by atoms with Crippen LogP contribution < -0.4 is 0 Å². The van der Waals surface area contributed by atoms with Crippen molar-refractivity contribution in [2.24, 2.45) is 0 Å². The van der Waals surface area contributed by atoms with Crippen LogP contribution in [-0.2, 0) is 5.75 Å². The van der Waals surface area contributed by atoms with Crippen molar-refractivity contribution < 1.29 is 10.2 Å². The number of hydrogen-bond donors (Lipinski definition) is 3. The lowest BCUT2D eigenvalue weighted by Crippen LogP contribution is -2.00. The number of aliphatic hydroxyl groups is 2. The topological polar surface area (TPSA) is 94.9 Å². The van der Waals surface area contributed by atoms with Crippen LogP contribution in [0.2, 0.25) is 0 Å². The lowest BCUT2D eigenvalue weighted by molar-refractivity contribution is -0.0429. The summed E-state index contributed by atoms with van der Waals surface area (Å²) < 4.78 is 0. The molecule has 0 unspecified atom stereocenters. The molecule has 0 spiro atoms. The summed E-state index contributed by atoms with van der Waals surface area (Å²) in [6.45, 7) is 0. The van der Waals surface area contributed by atoms with Crippen molar-refractivity contribution in [3.05, 3.63) is 59.7 Å². The first-order valence-corrected chi connectivity index (χ1v) is 8.39. The molecule has 0 aliphatic heterocycles. The number of benzene rings is 2. The highest BCUT2D eigenvalue weighted by molar-refractivity contribution is 7.98. The van der Waals surface area contributed by atoms with Crippen molar-refractivity contribution in [2.45, 2.75) is 17.2 Å². The lowest BCUT2D eigenvalue weighted by Gasteiger charge is -2.09. The van der Waals surface area contributed by atoms with E-state index < -0.39 is 6.29 Å². The number of aromatic amines is 1. The van der Waals surface area contributed by atoms with Gasteiger partial charge in [-0.3, -0.25) is 0 Å². The van der Waals surface area contributed by atoms with Crippen LogP contribution in [0.4, 0.5) is 0 Å². The molecule has 24 heavy (non-hydrogen) atoms. The molecular weight excluding hydrogens is 324 g/mol. The molecule has 0 radical (unpaired) electrons. The quantitative estimate of drug-likeness (QED) is 0.391. The Kier molecular flexibility index (Phi) is 3.89. The number of aromatic nitrogens is 4. The molecule has 0 atom stereocenters. The van der Waals surface area contributed by atoms with Crippen LogP contribution >= 0.6 is 11.8 Å². The van der Waals surface area contributed by atoms with Gasteiger partial charge in [-0.1, -0.05) is 54.2 Å². The third-order valence-electron chi connectivity index (χ3n) is 3.79. The molecule has 4 rings (SSSR count). The van der Waals surface area contributed by atoms with Crippen LogP contribution in [0.25, 0.3) is 22.1 Å². The number of nitrogens with zero attached hydrogens (tertiary/aromatic N) is 3. The maximum absolute atomic E-state index is 9.42. The smallest absolute Gasteiger partial charge is 0.211 e. The molecular formula is C17H14N4O2S. The summed E-state index contributed by atoms with van der Waals surface area (Å²) in [5.41, 5.74) is 3.75. The second-order valence-electron chi connectivity index (χ2n) is 5.32. The molecule has 7 heteroatoms. The van der Waals surface area contributed by atoms with Crippen molar-refractivity contribution in [1.29, 1.82) is 0 Å². The van der Waals surface area contributed by atoms with E-state index in [2.05, 4.69) is 20.2 Å². The second-order valence-corrected chi connectivity index (χ2v) is 6.27. The van der Waals surface area contributed by atoms with Crippen LogP contribution in [0.3, 0.4) is 0 Å². The molecule has 0 bridgehead atoms. The number of H-pyrrole nitrogens is 1. The highest BCUT2D eigenvalue weighted by Gasteiger charge is 2.12. The zero-order valence-corrected chi connectivity index (χ0v) is 13.4. The number of para-hydroxylation sites is 1. The van der Waals surface area contributed by atoms with Gasteiger partial charge in [0.2, 0.25) is 5.16 Å². The van der Waals surface area contributed by atoms with Gasteiger partial charge >= 0.3 is 0 Å². The van der Waals surface area contributed by atoms with Crippen LogP contribution in [0.15, 0.2) is 53.7 Å². The first-order valence-electron chi connectivity index (χ1n) is 7.40. The first kappa shape index (κ1) is 15.1. The highest BCUT2D eigenvalue weighted by atomic mass is 32.2. The molecule has 0 aliphatic carbocycles. The van der Waals surface area contributed by atoms with E-state index in [0.717, 1.165) is 22.0 Å². The number of thioether (sulfide) groups is 1. The minimum Gasteiger partial charge on any atom is -0.364 e. The fourth-order valence-corrected chi connectivity index (χ4v) is 3.43. The van der Waals surface area contributed by atoms with E-state index in [-0.39, 0.29) is 0 Å². The fraction of sp³-hybridized carbons (Fsp3) is 0.118.